The van der Waals surface area contributed by atoms with E-state index in [9.17, 15) is 4.79 Å². The minimum Gasteiger partial charge on any atom is -0.339 e. The van der Waals surface area contributed by atoms with E-state index in [0.717, 1.165) is 24.3 Å². The molecule has 2 fully saturated rings. The zero-order chi connectivity index (χ0) is 16.7. The Kier molecular flexibility index (Phi) is 4.65. The Morgan fingerprint density at radius 3 is 2.62 bits per heavy atom. The largest absolute Gasteiger partial charge is 0.339 e. The van der Waals surface area contributed by atoms with E-state index in [-0.39, 0.29) is 5.92 Å². The van der Waals surface area contributed by atoms with Crippen LogP contribution in [-0.2, 0) is 24.2 Å². The number of hydrogen-bond donors (Lipinski definition) is 1. The Morgan fingerprint density at radius 1 is 1.21 bits per heavy atom. The lowest BCUT2D eigenvalue weighted by atomic mass is 9.65. The van der Waals surface area contributed by atoms with Crippen LogP contribution in [0.2, 0.25) is 0 Å². The summed E-state index contributed by atoms with van der Waals surface area (Å²) in [4.78, 5) is 21.1. The highest BCUT2D eigenvalue weighted by Crippen LogP contribution is 2.42. The molecule has 1 aromatic heterocycles. The molecule has 0 spiro atoms. The molecule has 132 valence electrons. The highest BCUT2D eigenvalue weighted by Gasteiger charge is 2.41. The maximum Gasteiger partial charge on any atom is 0.225 e. The number of carbonyl (C=O) groups excluding carboxylic acids is 1. The second kappa shape index (κ2) is 6.75. The van der Waals surface area contributed by atoms with E-state index in [1.54, 1.807) is 0 Å². The second-order valence-electron chi connectivity index (χ2n) is 8.08. The van der Waals surface area contributed by atoms with Crippen molar-refractivity contribution in [3.05, 3.63) is 15.6 Å². The number of aryl methyl sites for hydroxylation is 2. The fourth-order valence-corrected chi connectivity index (χ4v) is 6.27. The molecule has 4 nitrogen and oxygen atoms in total. The number of nitrogens with zero attached hydrogens (tertiary/aromatic N) is 2. The van der Waals surface area contributed by atoms with E-state index in [4.69, 9.17) is 10.7 Å². The molecule has 3 aliphatic rings. The maximum atomic E-state index is 12.9. The third-order valence-corrected chi connectivity index (χ3v) is 7.54. The van der Waals surface area contributed by atoms with Gasteiger partial charge in [0, 0.05) is 23.9 Å². The van der Waals surface area contributed by atoms with Gasteiger partial charge in [-0.2, -0.15) is 0 Å². The molecule has 1 amide bonds. The third kappa shape index (κ3) is 3.13. The Morgan fingerprint density at radius 2 is 1.92 bits per heavy atom. The second-order valence-corrected chi connectivity index (χ2v) is 9.24. The van der Waals surface area contributed by atoms with Crippen LogP contribution in [0.25, 0.3) is 0 Å². The quantitative estimate of drug-likeness (QED) is 0.914. The van der Waals surface area contributed by atoms with Crippen molar-refractivity contribution in [2.24, 2.45) is 23.5 Å². The zero-order valence-corrected chi connectivity index (χ0v) is 15.5. The molecule has 0 aromatic carbocycles. The van der Waals surface area contributed by atoms with E-state index in [0.29, 0.717) is 30.3 Å². The minimum atomic E-state index is 0.180. The number of nitrogens with two attached hydrogens (primary N) is 1. The summed E-state index contributed by atoms with van der Waals surface area (Å²) in [5, 5.41) is 1.12. The monoisotopic (exact) mass is 347 g/mol. The lowest BCUT2D eigenvalue weighted by Gasteiger charge is -2.44. The first kappa shape index (κ1) is 16.5. The van der Waals surface area contributed by atoms with E-state index < -0.39 is 0 Å². The van der Waals surface area contributed by atoms with Crippen LogP contribution >= 0.6 is 11.3 Å². The number of fused-ring (bicyclic) bond motifs is 3. The molecule has 2 bridgehead atoms. The first-order chi connectivity index (χ1) is 11.6. The average Bonchev–Trinajstić information content (AvgIpc) is 2.96. The summed E-state index contributed by atoms with van der Waals surface area (Å²) in [5.41, 5.74) is 7.66. The Bertz CT molecular complexity index is 576. The molecule has 1 aromatic rings. The van der Waals surface area contributed by atoms with Crippen LogP contribution < -0.4 is 5.73 Å². The van der Waals surface area contributed by atoms with Crippen LogP contribution in [0, 0.1) is 17.8 Å². The Balaban J connectivity index is 1.40. The van der Waals surface area contributed by atoms with Crippen LogP contribution in [0.3, 0.4) is 0 Å². The van der Waals surface area contributed by atoms with Crippen molar-refractivity contribution < 1.29 is 4.79 Å². The summed E-state index contributed by atoms with van der Waals surface area (Å²) < 4.78 is 0. The molecule has 2 atom stereocenters. The van der Waals surface area contributed by atoms with Crippen LogP contribution in [0.1, 0.15) is 60.5 Å². The third-order valence-electron chi connectivity index (χ3n) is 6.40. The fourth-order valence-electron chi connectivity index (χ4n) is 5.06. The van der Waals surface area contributed by atoms with Gasteiger partial charge in [0.25, 0.3) is 0 Å². The van der Waals surface area contributed by atoms with E-state index in [1.165, 1.54) is 49.1 Å². The van der Waals surface area contributed by atoms with Gasteiger partial charge in [-0.1, -0.05) is 6.42 Å². The Labute approximate surface area is 148 Å². The van der Waals surface area contributed by atoms with Gasteiger partial charge in [0.15, 0.2) is 0 Å². The molecular formula is C19H29N3OS. The van der Waals surface area contributed by atoms with Crippen LogP contribution in [0.15, 0.2) is 0 Å². The summed E-state index contributed by atoms with van der Waals surface area (Å²) >= 11 is 1.82. The van der Waals surface area contributed by atoms with Crippen molar-refractivity contribution in [1.29, 1.82) is 0 Å². The molecule has 0 saturated heterocycles. The number of hydrogen-bond acceptors (Lipinski definition) is 4. The van der Waals surface area contributed by atoms with Gasteiger partial charge in [-0.15, -0.1) is 11.3 Å². The van der Waals surface area contributed by atoms with Crippen LogP contribution in [0.4, 0.5) is 0 Å². The maximum absolute atomic E-state index is 12.9. The van der Waals surface area contributed by atoms with Crippen LogP contribution in [-0.4, -0.2) is 28.9 Å². The fraction of sp³-hybridized carbons (Fsp3) is 0.789. The smallest absolute Gasteiger partial charge is 0.225 e. The number of aromatic nitrogens is 1. The SMILES string of the molecule is CN(Cc1nc2c(s1)CCCC2)C(=O)C1CC2CCCC(C1)C2N. The first-order valence-electron chi connectivity index (χ1n) is 9.60. The van der Waals surface area contributed by atoms with Gasteiger partial charge in [0.05, 0.1) is 12.2 Å². The van der Waals surface area contributed by atoms with Gasteiger partial charge in [0.1, 0.15) is 5.01 Å². The van der Waals surface area contributed by atoms with Crippen molar-refractivity contribution in [3.63, 3.8) is 0 Å². The molecule has 2 unspecified atom stereocenters. The number of amides is 1. The number of thiazole rings is 1. The Hall–Kier alpha value is -0.940. The van der Waals surface area contributed by atoms with Gasteiger partial charge in [-0.3, -0.25) is 4.79 Å². The predicted molar refractivity (Wildman–Crippen MR) is 96.8 cm³/mol. The number of rotatable bonds is 3. The van der Waals surface area contributed by atoms with E-state index >= 15 is 0 Å². The molecule has 3 aliphatic carbocycles. The van der Waals surface area contributed by atoms with Gasteiger partial charge >= 0.3 is 0 Å². The highest BCUT2D eigenvalue weighted by molar-refractivity contribution is 7.11. The summed E-state index contributed by atoms with van der Waals surface area (Å²) in [6, 6.07) is 0.332. The van der Waals surface area contributed by atoms with Gasteiger partial charge in [0.2, 0.25) is 5.91 Å². The topological polar surface area (TPSA) is 59.2 Å². The molecule has 0 aliphatic heterocycles. The van der Waals surface area contributed by atoms with E-state index in [1.807, 2.05) is 23.3 Å². The number of carbonyl (C=O) groups is 1. The van der Waals surface area contributed by atoms with Crippen molar-refractivity contribution in [1.82, 2.24) is 9.88 Å². The molecule has 5 heteroatoms. The lowest BCUT2D eigenvalue weighted by molar-refractivity contribution is -0.137. The van der Waals surface area contributed by atoms with Crippen molar-refractivity contribution >= 4 is 17.2 Å². The molecule has 4 rings (SSSR count). The first-order valence-corrected chi connectivity index (χ1v) is 10.4. The summed E-state index contributed by atoms with van der Waals surface area (Å²) in [7, 11) is 1.95. The molecule has 0 radical (unpaired) electrons. The van der Waals surface area contributed by atoms with Gasteiger partial charge in [-0.05, 0) is 63.2 Å². The summed E-state index contributed by atoms with van der Waals surface area (Å²) in [6.07, 6.45) is 10.6. The predicted octanol–water partition coefficient (Wildman–Crippen LogP) is 3.13. The minimum absolute atomic E-state index is 0.180. The standard InChI is InChI=1S/C19H29N3OS/c1-22(11-17-21-15-7-2-3-8-16(15)24-17)19(23)14-9-12-5-4-6-13(10-14)18(12)20/h12-14,18H,2-11,20H2,1H3. The van der Waals surface area contributed by atoms with Gasteiger partial charge < -0.3 is 10.6 Å². The molecule has 2 saturated carbocycles. The molecule has 1 heterocycles. The molecular weight excluding hydrogens is 318 g/mol. The van der Waals surface area contributed by atoms with Crippen molar-refractivity contribution in [2.75, 3.05) is 7.05 Å². The highest BCUT2D eigenvalue weighted by atomic mass is 32.1. The molecule has 24 heavy (non-hydrogen) atoms. The lowest BCUT2D eigenvalue weighted by Crippen LogP contribution is -2.49. The summed E-state index contributed by atoms with van der Waals surface area (Å²) in [5.74, 6) is 1.62. The normalized spacial score (nSPS) is 32.2. The van der Waals surface area contributed by atoms with Crippen molar-refractivity contribution in [3.8, 4) is 0 Å². The molecule has 2 N–H and O–H groups in total. The van der Waals surface area contributed by atoms with E-state index in [2.05, 4.69) is 0 Å². The average molecular weight is 348 g/mol. The summed E-state index contributed by atoms with van der Waals surface area (Å²) in [6.45, 7) is 0.675. The zero-order valence-electron chi connectivity index (χ0n) is 14.7. The van der Waals surface area contributed by atoms with Crippen LogP contribution in [0.5, 0.6) is 0 Å². The van der Waals surface area contributed by atoms with Gasteiger partial charge in [-0.25, -0.2) is 4.98 Å². The van der Waals surface area contributed by atoms with Crippen molar-refractivity contribution in [2.45, 2.75) is 70.4 Å².